The number of carbonyl (C=O) groups is 1. The van der Waals surface area contributed by atoms with Gasteiger partial charge in [0.05, 0.1) is 13.2 Å². The van der Waals surface area contributed by atoms with E-state index in [1.165, 1.54) is 16.7 Å². The van der Waals surface area contributed by atoms with Gasteiger partial charge in [-0.25, -0.2) is 9.13 Å². The first kappa shape index (κ1) is 20.8. The van der Waals surface area contributed by atoms with Crippen molar-refractivity contribution in [3.8, 4) is 11.5 Å². The number of ketones is 1. The van der Waals surface area contributed by atoms with Crippen LogP contribution >= 0.6 is 0 Å². The van der Waals surface area contributed by atoms with Gasteiger partial charge in [0, 0.05) is 35.1 Å². The molecule has 0 aliphatic carbocycles. The lowest BCUT2D eigenvalue weighted by atomic mass is 9.99. The molecule has 0 N–H and O–H groups in total. The molecule has 2 aliphatic rings. The largest absolute Gasteiger partial charge is 1.00 e. The monoisotopic (exact) mass is 490 g/mol. The molecule has 0 bridgehead atoms. The molecular weight excluding hydrogens is 468 g/mol. The van der Waals surface area contributed by atoms with Crippen molar-refractivity contribution in [2.24, 2.45) is 0 Å². The van der Waals surface area contributed by atoms with Gasteiger partial charge in [0.1, 0.15) is 18.0 Å². The summed E-state index contributed by atoms with van der Waals surface area (Å²) in [5, 5.41) is 0. The summed E-state index contributed by atoms with van der Waals surface area (Å²) in [7, 11) is 0. The second kappa shape index (κ2) is 8.43. The van der Waals surface area contributed by atoms with E-state index in [9.17, 15) is 4.79 Å². The van der Waals surface area contributed by atoms with Gasteiger partial charge in [-0.15, -0.1) is 0 Å². The summed E-state index contributed by atoms with van der Waals surface area (Å²) in [6.45, 7) is 2.45. The topological polar surface area (TPSA) is 44.3 Å². The zero-order valence-corrected chi connectivity index (χ0v) is 19.2. The number of Topliss-reactive ketones (excluding diaryl/α,β-unsaturated/α-hetero) is 1. The molecule has 0 atom stereocenters. The number of imidazole rings is 1. The number of halogens is 1. The Labute approximate surface area is 197 Å². The molecular formula is C26H23BrN2O3. The molecule has 0 unspecified atom stereocenters. The molecule has 5 nitrogen and oxygen atoms in total. The zero-order valence-electron chi connectivity index (χ0n) is 17.6. The van der Waals surface area contributed by atoms with E-state index in [1.807, 2.05) is 47.0 Å². The van der Waals surface area contributed by atoms with E-state index in [0.29, 0.717) is 13.1 Å². The predicted molar refractivity (Wildman–Crippen MR) is 117 cm³/mol. The Bertz CT molecular complexity index is 1280. The summed E-state index contributed by atoms with van der Waals surface area (Å²) in [6.07, 6.45) is 3.89. The highest BCUT2D eigenvalue weighted by Gasteiger charge is 2.29. The molecule has 3 heterocycles. The van der Waals surface area contributed by atoms with Gasteiger partial charge in [0.25, 0.3) is 0 Å². The van der Waals surface area contributed by atoms with Crippen molar-refractivity contribution in [1.82, 2.24) is 4.57 Å². The van der Waals surface area contributed by atoms with Crippen molar-refractivity contribution in [2.45, 2.75) is 25.9 Å². The van der Waals surface area contributed by atoms with Gasteiger partial charge in [-0.1, -0.05) is 42.5 Å². The van der Waals surface area contributed by atoms with Gasteiger partial charge >= 0.3 is 0 Å². The highest BCUT2D eigenvalue weighted by Crippen LogP contribution is 2.40. The van der Waals surface area contributed by atoms with Gasteiger partial charge in [-0.2, -0.15) is 0 Å². The van der Waals surface area contributed by atoms with Crippen LogP contribution in [0, 0.1) is 0 Å². The normalized spacial score (nSPS) is 13.8. The van der Waals surface area contributed by atoms with Crippen LogP contribution in [0.3, 0.4) is 0 Å². The number of para-hydroxylation sites is 2. The third kappa shape index (κ3) is 3.48. The number of nitrogens with zero attached hydrogens (tertiary/aromatic N) is 2. The number of benzene rings is 3. The second-order valence-corrected chi connectivity index (χ2v) is 8.17. The van der Waals surface area contributed by atoms with Crippen LogP contribution in [-0.4, -0.2) is 23.6 Å². The van der Waals surface area contributed by atoms with Crippen LogP contribution in [0.2, 0.25) is 0 Å². The summed E-state index contributed by atoms with van der Waals surface area (Å²) in [5.74, 6) is 2.13. The SMILES string of the molecule is O=C(Cn1c[n+](Cc2c3c(cc4c2OCC4)OCC3)c2ccccc21)c1ccccc1.[Br-]. The maximum absolute atomic E-state index is 12.9. The molecule has 4 aromatic rings. The minimum absolute atomic E-state index is 0. The maximum atomic E-state index is 12.9. The van der Waals surface area contributed by atoms with E-state index in [0.717, 1.165) is 54.2 Å². The predicted octanol–water partition coefficient (Wildman–Crippen LogP) is 0.734. The maximum Gasteiger partial charge on any atom is 0.245 e. The Kier molecular flexibility index (Phi) is 5.47. The molecule has 1 aromatic heterocycles. The van der Waals surface area contributed by atoms with Crippen molar-refractivity contribution in [1.29, 1.82) is 0 Å². The van der Waals surface area contributed by atoms with Gasteiger partial charge in [0.15, 0.2) is 17.6 Å². The summed E-state index contributed by atoms with van der Waals surface area (Å²) in [4.78, 5) is 12.9. The molecule has 32 heavy (non-hydrogen) atoms. The summed E-state index contributed by atoms with van der Waals surface area (Å²) in [5.41, 5.74) is 6.59. The molecule has 2 aliphatic heterocycles. The number of ether oxygens (including phenoxy) is 2. The standard InChI is InChI=1S/C26H23N2O3.BrH/c29-24(18-6-2-1-3-7-18)16-28-17-27(22-8-4-5-9-23(22)28)15-21-20-11-13-30-25(20)14-19-10-12-31-26(19)21;/h1-9,14,17H,10-13,15-16H2;1H/q+1;/p-1. The molecule has 0 amide bonds. The van der Waals surface area contributed by atoms with Crippen LogP contribution in [0.1, 0.15) is 27.0 Å². The van der Waals surface area contributed by atoms with Crippen LogP contribution in [0.15, 0.2) is 67.0 Å². The molecule has 0 saturated heterocycles. The number of fused-ring (bicyclic) bond motifs is 3. The lowest BCUT2D eigenvalue weighted by Gasteiger charge is -2.11. The number of carbonyl (C=O) groups excluding carboxylic acids is 1. The number of aromatic nitrogens is 2. The van der Waals surface area contributed by atoms with Crippen LogP contribution < -0.4 is 31.0 Å². The lowest BCUT2D eigenvalue weighted by molar-refractivity contribution is -0.663. The van der Waals surface area contributed by atoms with Gasteiger partial charge in [0.2, 0.25) is 12.1 Å². The minimum Gasteiger partial charge on any atom is -1.00 e. The minimum atomic E-state index is 0. The molecule has 0 radical (unpaired) electrons. The molecule has 0 saturated carbocycles. The van der Waals surface area contributed by atoms with Crippen molar-refractivity contribution in [3.63, 3.8) is 0 Å². The third-order valence-corrected chi connectivity index (χ3v) is 6.28. The summed E-state index contributed by atoms with van der Waals surface area (Å²) >= 11 is 0. The number of hydrogen-bond donors (Lipinski definition) is 0. The Balaban J connectivity index is 0.00000216. The van der Waals surface area contributed by atoms with Crippen LogP contribution in [0.4, 0.5) is 0 Å². The first-order chi connectivity index (χ1) is 15.3. The Morgan fingerprint density at radius 1 is 0.969 bits per heavy atom. The van der Waals surface area contributed by atoms with E-state index in [1.54, 1.807) is 0 Å². The first-order valence-corrected chi connectivity index (χ1v) is 10.8. The zero-order chi connectivity index (χ0) is 20.8. The highest BCUT2D eigenvalue weighted by molar-refractivity contribution is 5.96. The van der Waals surface area contributed by atoms with Crippen molar-refractivity contribution < 1.29 is 35.8 Å². The summed E-state index contributed by atoms with van der Waals surface area (Å²) in [6, 6.07) is 19.9. The average Bonchev–Trinajstić information content (AvgIpc) is 3.54. The Morgan fingerprint density at radius 3 is 2.62 bits per heavy atom. The van der Waals surface area contributed by atoms with Crippen molar-refractivity contribution in [3.05, 3.63) is 89.2 Å². The van der Waals surface area contributed by atoms with E-state index in [4.69, 9.17) is 9.47 Å². The smallest absolute Gasteiger partial charge is 0.245 e. The van der Waals surface area contributed by atoms with Crippen molar-refractivity contribution >= 4 is 16.8 Å². The summed E-state index contributed by atoms with van der Waals surface area (Å²) < 4.78 is 16.2. The fraction of sp³-hybridized carbons (Fsp3) is 0.231. The fourth-order valence-corrected chi connectivity index (χ4v) is 4.79. The van der Waals surface area contributed by atoms with Crippen LogP contribution in [0.25, 0.3) is 11.0 Å². The average molecular weight is 491 g/mol. The first-order valence-electron chi connectivity index (χ1n) is 10.8. The van der Waals surface area contributed by atoms with Crippen LogP contribution in [0.5, 0.6) is 11.5 Å². The van der Waals surface area contributed by atoms with Gasteiger partial charge in [-0.05, 0) is 18.2 Å². The van der Waals surface area contributed by atoms with Gasteiger partial charge < -0.3 is 26.5 Å². The molecule has 0 spiro atoms. The van der Waals surface area contributed by atoms with Crippen LogP contribution in [-0.2, 0) is 25.9 Å². The molecule has 0 fully saturated rings. The molecule has 3 aromatic carbocycles. The number of hydrogen-bond acceptors (Lipinski definition) is 3. The lowest BCUT2D eigenvalue weighted by Crippen LogP contribution is -3.00. The second-order valence-electron chi connectivity index (χ2n) is 8.17. The van der Waals surface area contributed by atoms with E-state index in [2.05, 4.69) is 29.1 Å². The molecule has 6 heteroatoms. The highest BCUT2D eigenvalue weighted by atomic mass is 79.9. The van der Waals surface area contributed by atoms with E-state index >= 15 is 0 Å². The third-order valence-electron chi connectivity index (χ3n) is 6.28. The molecule has 6 rings (SSSR count). The van der Waals surface area contributed by atoms with E-state index in [-0.39, 0.29) is 22.8 Å². The van der Waals surface area contributed by atoms with Crippen molar-refractivity contribution in [2.75, 3.05) is 13.2 Å². The Morgan fingerprint density at radius 2 is 1.75 bits per heavy atom. The number of rotatable bonds is 5. The van der Waals surface area contributed by atoms with Gasteiger partial charge in [-0.3, -0.25) is 4.79 Å². The fourth-order valence-electron chi connectivity index (χ4n) is 4.79. The Hall–Kier alpha value is -3.12. The van der Waals surface area contributed by atoms with E-state index < -0.39 is 0 Å². The molecule has 162 valence electrons. The quantitative estimate of drug-likeness (QED) is 0.306.